The van der Waals surface area contributed by atoms with Gasteiger partial charge in [-0.2, -0.15) is 0 Å². The molecule has 0 atom stereocenters. The third-order valence-corrected chi connectivity index (χ3v) is 3.81. The van der Waals surface area contributed by atoms with Gasteiger partial charge in [0.2, 0.25) is 0 Å². The van der Waals surface area contributed by atoms with Gasteiger partial charge in [-0.3, -0.25) is 9.36 Å². The molecular formula is C12H11IN2O2S. The highest BCUT2D eigenvalue weighted by atomic mass is 127. The summed E-state index contributed by atoms with van der Waals surface area (Å²) in [5, 5.41) is 9.43. The van der Waals surface area contributed by atoms with Crippen molar-refractivity contribution < 1.29 is 9.90 Å². The second-order valence-electron chi connectivity index (χ2n) is 3.70. The van der Waals surface area contributed by atoms with E-state index in [0.29, 0.717) is 5.16 Å². The summed E-state index contributed by atoms with van der Waals surface area (Å²) in [5.41, 5.74) is 1.87. The van der Waals surface area contributed by atoms with Crippen molar-refractivity contribution in [3.05, 3.63) is 39.7 Å². The first kappa shape index (κ1) is 13.4. The van der Waals surface area contributed by atoms with Crippen LogP contribution in [0.2, 0.25) is 0 Å². The molecule has 94 valence electrons. The van der Waals surface area contributed by atoms with E-state index < -0.39 is 5.97 Å². The van der Waals surface area contributed by atoms with E-state index in [2.05, 4.69) is 27.6 Å². The van der Waals surface area contributed by atoms with E-state index in [9.17, 15) is 4.79 Å². The van der Waals surface area contributed by atoms with Crippen LogP contribution in [0.3, 0.4) is 0 Å². The molecule has 0 bridgehead atoms. The van der Waals surface area contributed by atoms with Gasteiger partial charge in [0.25, 0.3) is 0 Å². The van der Waals surface area contributed by atoms with Crippen LogP contribution in [0.15, 0.2) is 35.6 Å². The summed E-state index contributed by atoms with van der Waals surface area (Å²) in [6.45, 7) is 1.90. The van der Waals surface area contributed by atoms with Crippen LogP contribution >= 0.6 is 34.4 Å². The normalized spacial score (nSPS) is 10.6. The molecule has 1 aromatic carbocycles. The van der Waals surface area contributed by atoms with Crippen LogP contribution in [0.1, 0.15) is 5.69 Å². The molecular weight excluding hydrogens is 363 g/mol. The summed E-state index contributed by atoms with van der Waals surface area (Å²) in [4.78, 5) is 15.0. The summed E-state index contributed by atoms with van der Waals surface area (Å²) in [5.74, 6) is -0.824. The maximum atomic E-state index is 10.6. The second-order valence-corrected chi connectivity index (χ2v) is 5.89. The first-order valence-corrected chi connectivity index (χ1v) is 7.29. The van der Waals surface area contributed by atoms with Crippen LogP contribution in [-0.2, 0) is 4.79 Å². The van der Waals surface area contributed by atoms with E-state index in [1.165, 1.54) is 11.8 Å². The van der Waals surface area contributed by atoms with Gasteiger partial charge in [-0.15, -0.1) is 0 Å². The number of thioether (sulfide) groups is 1. The molecule has 0 aliphatic carbocycles. The Morgan fingerprint density at radius 2 is 2.33 bits per heavy atom. The van der Waals surface area contributed by atoms with Crippen LogP contribution < -0.4 is 0 Å². The van der Waals surface area contributed by atoms with Crippen LogP contribution in [-0.4, -0.2) is 26.4 Å². The van der Waals surface area contributed by atoms with Crippen molar-refractivity contribution in [1.29, 1.82) is 0 Å². The smallest absolute Gasteiger partial charge is 0.313 e. The minimum atomic E-state index is -0.838. The van der Waals surface area contributed by atoms with Gasteiger partial charge in [-0.25, -0.2) is 4.98 Å². The molecule has 1 heterocycles. The largest absolute Gasteiger partial charge is 0.481 e. The summed E-state index contributed by atoms with van der Waals surface area (Å²) < 4.78 is 3.05. The zero-order chi connectivity index (χ0) is 13.1. The van der Waals surface area contributed by atoms with Gasteiger partial charge in [-0.05, 0) is 47.7 Å². The third kappa shape index (κ3) is 3.26. The van der Waals surface area contributed by atoms with E-state index in [-0.39, 0.29) is 5.75 Å². The van der Waals surface area contributed by atoms with E-state index in [0.717, 1.165) is 15.0 Å². The van der Waals surface area contributed by atoms with Crippen LogP contribution in [0, 0.1) is 10.5 Å². The number of hydrogen-bond donors (Lipinski definition) is 1. The number of benzene rings is 1. The fraction of sp³-hybridized carbons (Fsp3) is 0.167. The minimum absolute atomic E-state index is 0.0143. The van der Waals surface area contributed by atoms with Gasteiger partial charge in [0.1, 0.15) is 0 Å². The van der Waals surface area contributed by atoms with Crippen molar-refractivity contribution in [2.75, 3.05) is 5.75 Å². The Bertz CT molecular complexity index is 583. The minimum Gasteiger partial charge on any atom is -0.481 e. The lowest BCUT2D eigenvalue weighted by molar-refractivity contribution is -0.133. The highest BCUT2D eigenvalue weighted by molar-refractivity contribution is 14.1. The third-order valence-electron chi connectivity index (χ3n) is 2.21. The fourth-order valence-electron chi connectivity index (χ4n) is 1.51. The highest BCUT2D eigenvalue weighted by Crippen LogP contribution is 2.22. The molecule has 0 amide bonds. The lowest BCUT2D eigenvalue weighted by Crippen LogP contribution is -2.01. The number of halogens is 1. The average molecular weight is 374 g/mol. The number of aliphatic carboxylic acids is 1. The fourth-order valence-corrected chi connectivity index (χ4v) is 2.80. The maximum absolute atomic E-state index is 10.6. The Hall–Kier alpha value is -1.02. The van der Waals surface area contributed by atoms with Crippen molar-refractivity contribution in [1.82, 2.24) is 9.55 Å². The molecule has 6 heteroatoms. The molecule has 18 heavy (non-hydrogen) atoms. The second kappa shape index (κ2) is 5.75. The zero-order valence-corrected chi connectivity index (χ0v) is 12.6. The lowest BCUT2D eigenvalue weighted by atomic mass is 10.3. The summed E-state index contributed by atoms with van der Waals surface area (Å²) >= 11 is 3.47. The molecule has 4 nitrogen and oxygen atoms in total. The SMILES string of the molecule is Cc1cn(-c2cccc(I)c2)c(SCC(=O)O)n1. The van der Waals surface area contributed by atoms with Crippen LogP contribution in [0.5, 0.6) is 0 Å². The number of hydrogen-bond acceptors (Lipinski definition) is 3. The van der Waals surface area contributed by atoms with Crippen molar-refractivity contribution in [3.63, 3.8) is 0 Å². The molecule has 0 saturated carbocycles. The van der Waals surface area contributed by atoms with E-state index in [1.54, 1.807) is 0 Å². The van der Waals surface area contributed by atoms with Crippen LogP contribution in [0.4, 0.5) is 0 Å². The Morgan fingerprint density at radius 1 is 1.56 bits per heavy atom. The highest BCUT2D eigenvalue weighted by Gasteiger charge is 2.10. The number of aryl methyl sites for hydroxylation is 1. The Kier molecular flexibility index (Phi) is 4.28. The topological polar surface area (TPSA) is 55.1 Å². The standard InChI is InChI=1S/C12H11IN2O2S/c1-8-6-15(10-4-2-3-9(13)5-10)12(14-8)18-7-11(16)17/h2-6H,7H2,1H3,(H,16,17). The number of carbonyl (C=O) groups is 1. The summed E-state index contributed by atoms with van der Waals surface area (Å²) in [6.07, 6.45) is 1.91. The molecule has 0 aliphatic rings. The van der Waals surface area contributed by atoms with Crippen molar-refractivity contribution in [2.24, 2.45) is 0 Å². The number of imidazole rings is 1. The number of aromatic nitrogens is 2. The number of carboxylic acids is 1. The first-order valence-electron chi connectivity index (χ1n) is 5.23. The molecule has 0 aliphatic heterocycles. The molecule has 2 rings (SSSR count). The first-order chi connectivity index (χ1) is 8.56. The van der Waals surface area contributed by atoms with E-state index >= 15 is 0 Å². The lowest BCUT2D eigenvalue weighted by Gasteiger charge is -2.06. The predicted molar refractivity (Wildman–Crippen MR) is 79.4 cm³/mol. The molecule has 0 fully saturated rings. The van der Waals surface area contributed by atoms with Crippen molar-refractivity contribution in [3.8, 4) is 5.69 Å². The van der Waals surface area contributed by atoms with Gasteiger partial charge in [0.05, 0.1) is 11.4 Å². The van der Waals surface area contributed by atoms with Gasteiger partial charge < -0.3 is 5.11 Å². The number of nitrogens with zero attached hydrogens (tertiary/aromatic N) is 2. The van der Waals surface area contributed by atoms with Crippen LogP contribution in [0.25, 0.3) is 5.69 Å². The van der Waals surface area contributed by atoms with Gasteiger partial charge in [-0.1, -0.05) is 17.8 Å². The zero-order valence-electron chi connectivity index (χ0n) is 9.63. The molecule has 0 saturated heterocycles. The number of rotatable bonds is 4. The van der Waals surface area contributed by atoms with Gasteiger partial charge in [0.15, 0.2) is 5.16 Å². The van der Waals surface area contributed by atoms with Gasteiger partial charge in [0, 0.05) is 15.5 Å². The van der Waals surface area contributed by atoms with E-state index in [4.69, 9.17) is 5.11 Å². The summed E-state index contributed by atoms with van der Waals surface area (Å²) in [6, 6.07) is 8.00. The quantitative estimate of drug-likeness (QED) is 0.661. The van der Waals surface area contributed by atoms with Gasteiger partial charge >= 0.3 is 5.97 Å². The average Bonchev–Trinajstić information content (AvgIpc) is 2.68. The molecule has 0 spiro atoms. The Morgan fingerprint density at radius 3 is 3.00 bits per heavy atom. The van der Waals surface area contributed by atoms with E-state index in [1.807, 2.05) is 42.0 Å². The Labute approximate surface area is 123 Å². The molecule has 2 aromatic rings. The molecule has 0 radical (unpaired) electrons. The van der Waals surface area contributed by atoms with Crippen molar-refractivity contribution >= 4 is 40.3 Å². The molecule has 1 aromatic heterocycles. The monoisotopic (exact) mass is 374 g/mol. The molecule has 1 N–H and O–H groups in total. The Balaban J connectivity index is 2.35. The molecule has 0 unspecified atom stereocenters. The maximum Gasteiger partial charge on any atom is 0.313 e. The summed E-state index contributed by atoms with van der Waals surface area (Å²) in [7, 11) is 0. The number of carboxylic acid groups (broad SMARTS) is 1. The predicted octanol–water partition coefficient (Wildman–Crippen LogP) is 2.96. The van der Waals surface area contributed by atoms with Crippen molar-refractivity contribution in [2.45, 2.75) is 12.1 Å².